The molecule has 0 radical (unpaired) electrons. The zero-order valence-electron chi connectivity index (χ0n) is 16.5. The molecule has 7 nitrogen and oxygen atoms in total. The lowest BCUT2D eigenvalue weighted by atomic mass is 10.1. The van der Waals surface area contributed by atoms with Gasteiger partial charge in [0, 0.05) is 18.8 Å². The smallest absolute Gasteiger partial charge is 0.241 e. The molecule has 0 spiro atoms. The fraction of sp³-hybridized carbons (Fsp3) is 0.227. The summed E-state index contributed by atoms with van der Waals surface area (Å²) in [5.41, 5.74) is 7.42. The predicted molar refractivity (Wildman–Crippen MR) is 115 cm³/mol. The maximum atomic E-state index is 12.9. The van der Waals surface area contributed by atoms with E-state index in [0.717, 1.165) is 16.3 Å². The molecular weight excluding hydrogens is 402 g/mol. The van der Waals surface area contributed by atoms with Crippen LogP contribution < -0.4 is 15.2 Å². The van der Waals surface area contributed by atoms with Crippen molar-refractivity contribution in [1.82, 2.24) is 9.62 Å². The first-order chi connectivity index (χ1) is 14.4. The Bertz CT molecular complexity index is 1210. The Morgan fingerprint density at radius 2 is 1.87 bits per heavy atom. The van der Waals surface area contributed by atoms with Crippen LogP contribution in [0, 0.1) is 0 Å². The lowest BCUT2D eigenvalue weighted by molar-refractivity contribution is -0.129. The standard InChI is InChI=1S/C22H23N3O4S/c1-29-18-8-6-15-7-9-19(13-17(15)12-18)30(27,28)24-21-10-11-25(22(21)26)14-16-4-2-3-5-20(16)23/h2-9,12-13,21,24H,10-11,14,23H2,1H3/t21-/m0/s1. The molecule has 3 aromatic rings. The van der Waals surface area contributed by atoms with Crippen LogP contribution in [-0.4, -0.2) is 38.9 Å². The summed E-state index contributed by atoms with van der Waals surface area (Å²) in [5.74, 6) is 0.399. The highest BCUT2D eigenvalue weighted by atomic mass is 32.2. The van der Waals surface area contributed by atoms with E-state index in [9.17, 15) is 13.2 Å². The molecule has 30 heavy (non-hydrogen) atoms. The van der Waals surface area contributed by atoms with Crippen molar-refractivity contribution < 1.29 is 17.9 Å². The highest BCUT2D eigenvalue weighted by molar-refractivity contribution is 7.89. The molecule has 3 N–H and O–H groups in total. The average Bonchev–Trinajstić information content (AvgIpc) is 3.07. The van der Waals surface area contributed by atoms with E-state index in [1.165, 1.54) is 0 Å². The Balaban J connectivity index is 1.51. The van der Waals surface area contributed by atoms with E-state index < -0.39 is 16.1 Å². The van der Waals surface area contributed by atoms with Crippen molar-refractivity contribution in [2.75, 3.05) is 19.4 Å². The zero-order valence-corrected chi connectivity index (χ0v) is 17.4. The highest BCUT2D eigenvalue weighted by Gasteiger charge is 2.35. The molecule has 156 valence electrons. The van der Waals surface area contributed by atoms with Gasteiger partial charge in [0.15, 0.2) is 0 Å². The van der Waals surface area contributed by atoms with E-state index in [0.29, 0.717) is 30.9 Å². The van der Waals surface area contributed by atoms with Gasteiger partial charge in [0.1, 0.15) is 11.8 Å². The number of carbonyl (C=O) groups is 1. The summed E-state index contributed by atoms with van der Waals surface area (Å²) in [4.78, 5) is 14.5. The van der Waals surface area contributed by atoms with Crippen molar-refractivity contribution >= 4 is 32.4 Å². The summed E-state index contributed by atoms with van der Waals surface area (Å²) in [5, 5.41) is 1.65. The van der Waals surface area contributed by atoms with Gasteiger partial charge in [-0.05, 0) is 53.1 Å². The second-order valence-electron chi connectivity index (χ2n) is 7.30. The molecule has 0 aromatic heterocycles. The fourth-order valence-corrected chi connectivity index (χ4v) is 4.90. The number of benzene rings is 3. The molecule has 1 aliphatic rings. The number of anilines is 1. The monoisotopic (exact) mass is 425 g/mol. The largest absolute Gasteiger partial charge is 0.497 e. The maximum absolute atomic E-state index is 12.9. The van der Waals surface area contributed by atoms with Crippen molar-refractivity contribution in [1.29, 1.82) is 0 Å². The number of nitrogens with zero attached hydrogens (tertiary/aromatic N) is 1. The molecule has 0 unspecified atom stereocenters. The van der Waals surface area contributed by atoms with Gasteiger partial charge in [0.25, 0.3) is 0 Å². The zero-order chi connectivity index (χ0) is 21.3. The first kappa shape index (κ1) is 20.2. The molecular formula is C22H23N3O4S. The molecule has 1 saturated heterocycles. The molecule has 0 saturated carbocycles. The molecule has 4 rings (SSSR count). The number of hydrogen-bond donors (Lipinski definition) is 2. The summed E-state index contributed by atoms with van der Waals surface area (Å²) < 4.78 is 33.6. The number of hydrogen-bond acceptors (Lipinski definition) is 5. The van der Waals surface area contributed by atoms with Gasteiger partial charge >= 0.3 is 0 Å². The van der Waals surface area contributed by atoms with E-state index in [1.807, 2.05) is 30.3 Å². The summed E-state index contributed by atoms with van der Waals surface area (Å²) in [6, 6.07) is 16.9. The van der Waals surface area contributed by atoms with Crippen LogP contribution in [0.15, 0.2) is 65.6 Å². The highest BCUT2D eigenvalue weighted by Crippen LogP contribution is 2.25. The van der Waals surface area contributed by atoms with Gasteiger partial charge in [-0.1, -0.05) is 30.3 Å². The van der Waals surface area contributed by atoms with Crippen LogP contribution in [0.4, 0.5) is 5.69 Å². The number of methoxy groups -OCH3 is 1. The number of amides is 1. The van der Waals surface area contributed by atoms with Gasteiger partial charge in [-0.25, -0.2) is 8.42 Å². The SMILES string of the molecule is COc1ccc2ccc(S(=O)(=O)N[C@H]3CCN(Cc4ccccc4N)C3=O)cc2c1. The van der Waals surface area contributed by atoms with Gasteiger partial charge < -0.3 is 15.4 Å². The lowest BCUT2D eigenvalue weighted by Gasteiger charge is -2.18. The van der Waals surface area contributed by atoms with Crippen molar-refractivity contribution in [2.24, 2.45) is 0 Å². The minimum Gasteiger partial charge on any atom is -0.497 e. The number of para-hydroxylation sites is 1. The van der Waals surface area contributed by atoms with Crippen LogP contribution in [0.25, 0.3) is 10.8 Å². The van der Waals surface area contributed by atoms with E-state index in [2.05, 4.69) is 4.72 Å². The van der Waals surface area contributed by atoms with Crippen LogP contribution in [-0.2, 0) is 21.4 Å². The van der Waals surface area contributed by atoms with Crippen LogP contribution in [0.5, 0.6) is 5.75 Å². The third-order valence-electron chi connectivity index (χ3n) is 5.34. The number of fused-ring (bicyclic) bond motifs is 1. The third-order valence-corrected chi connectivity index (χ3v) is 6.81. The normalized spacial score (nSPS) is 16.9. The summed E-state index contributed by atoms with van der Waals surface area (Å²) in [6.07, 6.45) is 0.409. The third kappa shape index (κ3) is 3.96. The lowest BCUT2D eigenvalue weighted by Crippen LogP contribution is -2.41. The van der Waals surface area contributed by atoms with Crippen molar-refractivity contribution in [3.63, 3.8) is 0 Å². The first-order valence-electron chi connectivity index (χ1n) is 9.60. The number of rotatable bonds is 6. The fourth-order valence-electron chi connectivity index (χ4n) is 3.64. The summed E-state index contributed by atoms with van der Waals surface area (Å²) in [6.45, 7) is 0.828. The minimum absolute atomic E-state index is 0.113. The summed E-state index contributed by atoms with van der Waals surface area (Å²) >= 11 is 0. The second-order valence-corrected chi connectivity index (χ2v) is 9.01. The van der Waals surface area contributed by atoms with Crippen LogP contribution in [0.3, 0.4) is 0 Å². The van der Waals surface area contributed by atoms with Gasteiger partial charge in [-0.3, -0.25) is 4.79 Å². The topological polar surface area (TPSA) is 102 Å². The Morgan fingerprint density at radius 1 is 1.10 bits per heavy atom. The molecule has 1 amide bonds. The predicted octanol–water partition coefficient (Wildman–Crippen LogP) is 2.51. The van der Waals surface area contributed by atoms with Gasteiger partial charge in [-0.15, -0.1) is 0 Å². The van der Waals surface area contributed by atoms with Crippen molar-refractivity contribution in [2.45, 2.75) is 23.9 Å². The number of carbonyl (C=O) groups excluding carboxylic acids is 1. The Kier molecular flexibility index (Phi) is 5.36. The number of likely N-dealkylation sites (tertiary alicyclic amines) is 1. The number of sulfonamides is 1. The van der Waals surface area contributed by atoms with E-state index in [-0.39, 0.29) is 10.8 Å². The van der Waals surface area contributed by atoms with Gasteiger partial charge in [0.05, 0.1) is 12.0 Å². The molecule has 1 aliphatic heterocycles. The molecule has 3 aromatic carbocycles. The van der Waals surface area contributed by atoms with Crippen LogP contribution in [0.1, 0.15) is 12.0 Å². The molecule has 8 heteroatoms. The second kappa shape index (κ2) is 7.97. The number of ether oxygens (including phenoxy) is 1. The Morgan fingerprint density at radius 3 is 2.63 bits per heavy atom. The molecule has 1 atom stereocenters. The van der Waals surface area contributed by atoms with E-state index in [4.69, 9.17) is 10.5 Å². The van der Waals surface area contributed by atoms with E-state index >= 15 is 0 Å². The van der Waals surface area contributed by atoms with Crippen LogP contribution in [0.2, 0.25) is 0 Å². The van der Waals surface area contributed by atoms with Gasteiger partial charge in [0.2, 0.25) is 15.9 Å². The number of nitrogens with two attached hydrogens (primary N) is 1. The number of nitrogen functional groups attached to an aromatic ring is 1. The van der Waals surface area contributed by atoms with Crippen molar-refractivity contribution in [3.05, 3.63) is 66.2 Å². The number of nitrogens with one attached hydrogen (secondary N) is 1. The quantitative estimate of drug-likeness (QED) is 0.591. The molecule has 0 bridgehead atoms. The van der Waals surface area contributed by atoms with Gasteiger partial charge in [-0.2, -0.15) is 4.72 Å². The summed E-state index contributed by atoms with van der Waals surface area (Å²) in [7, 11) is -2.30. The minimum atomic E-state index is -3.86. The first-order valence-corrected chi connectivity index (χ1v) is 11.1. The maximum Gasteiger partial charge on any atom is 0.241 e. The molecule has 1 heterocycles. The Hall–Kier alpha value is -3.10. The van der Waals surface area contributed by atoms with E-state index in [1.54, 1.807) is 42.3 Å². The average molecular weight is 426 g/mol. The van der Waals surface area contributed by atoms with Crippen LogP contribution >= 0.6 is 0 Å². The Labute approximate surface area is 175 Å². The molecule has 1 fully saturated rings. The van der Waals surface area contributed by atoms with Crippen molar-refractivity contribution in [3.8, 4) is 5.75 Å². The molecule has 0 aliphatic carbocycles.